The van der Waals surface area contributed by atoms with Gasteiger partial charge >= 0.3 is 0 Å². The Hall–Kier alpha value is -0.390. The van der Waals surface area contributed by atoms with Gasteiger partial charge < -0.3 is 0 Å². The molecule has 2 rings (SSSR count). The Kier molecular flexibility index (Phi) is 3.90. The van der Waals surface area contributed by atoms with E-state index in [1.54, 1.807) is 13.1 Å². The maximum Gasteiger partial charge on any atom is 0.242 e. The van der Waals surface area contributed by atoms with Crippen molar-refractivity contribution in [3.8, 4) is 0 Å². The molecule has 94 valence electrons. The van der Waals surface area contributed by atoms with E-state index in [0.717, 1.165) is 19.3 Å². The number of rotatable bonds is 4. The highest BCUT2D eigenvalue weighted by molar-refractivity contribution is 9.09. The van der Waals surface area contributed by atoms with Crippen molar-refractivity contribution < 1.29 is 8.42 Å². The van der Waals surface area contributed by atoms with Crippen LogP contribution in [0.2, 0.25) is 0 Å². The van der Waals surface area contributed by atoms with Crippen molar-refractivity contribution >= 4 is 26.0 Å². The monoisotopic (exact) mass is 317 g/mol. The summed E-state index contributed by atoms with van der Waals surface area (Å²) in [6.45, 7) is 0.486. The minimum absolute atomic E-state index is 0.418. The summed E-state index contributed by atoms with van der Waals surface area (Å²) in [5.41, 5.74) is 2.49. The molecule has 0 radical (unpaired) electrons. The van der Waals surface area contributed by atoms with Crippen LogP contribution in [-0.2, 0) is 22.9 Å². The van der Waals surface area contributed by atoms with Gasteiger partial charge in [0.25, 0.3) is 0 Å². The van der Waals surface area contributed by atoms with Crippen molar-refractivity contribution in [3.05, 3.63) is 29.3 Å². The molecule has 0 saturated carbocycles. The Labute approximate surface area is 111 Å². The summed E-state index contributed by atoms with van der Waals surface area (Å²) in [5.74, 6) is 0. The Morgan fingerprint density at radius 2 is 2.00 bits per heavy atom. The number of alkyl halides is 1. The lowest BCUT2D eigenvalue weighted by molar-refractivity contribution is 0.489. The summed E-state index contributed by atoms with van der Waals surface area (Å²) >= 11 is 3.26. The van der Waals surface area contributed by atoms with Crippen LogP contribution >= 0.6 is 15.9 Å². The van der Waals surface area contributed by atoms with Gasteiger partial charge in [-0.15, -0.1) is 0 Å². The number of aryl methyl sites for hydroxylation is 2. The molecule has 17 heavy (non-hydrogen) atoms. The third-order valence-corrected chi connectivity index (χ3v) is 5.39. The Bertz CT molecular complexity index is 513. The third kappa shape index (κ3) is 2.56. The smallest absolute Gasteiger partial charge is 0.207 e. The quantitative estimate of drug-likeness (QED) is 0.798. The molecule has 0 bridgehead atoms. The number of halogens is 1. The van der Waals surface area contributed by atoms with E-state index in [0.29, 0.717) is 16.8 Å². The zero-order valence-corrected chi connectivity index (χ0v) is 12.2. The van der Waals surface area contributed by atoms with Gasteiger partial charge in [-0.1, -0.05) is 22.0 Å². The molecule has 0 unspecified atom stereocenters. The topological polar surface area (TPSA) is 37.4 Å². The van der Waals surface area contributed by atoms with Gasteiger partial charge in [0.05, 0.1) is 4.90 Å². The molecule has 1 aromatic rings. The second-order valence-corrected chi connectivity index (χ2v) is 7.14. The van der Waals surface area contributed by atoms with E-state index in [-0.39, 0.29) is 0 Å². The summed E-state index contributed by atoms with van der Waals surface area (Å²) in [4.78, 5) is 0.418. The second kappa shape index (κ2) is 5.08. The van der Waals surface area contributed by atoms with Crippen LogP contribution in [-0.4, -0.2) is 31.6 Å². The van der Waals surface area contributed by atoms with Gasteiger partial charge in [-0.25, -0.2) is 12.7 Å². The Balaban J connectivity index is 2.34. The molecule has 0 N–H and O–H groups in total. The van der Waals surface area contributed by atoms with Gasteiger partial charge in [0.1, 0.15) is 0 Å². The van der Waals surface area contributed by atoms with E-state index in [2.05, 4.69) is 15.9 Å². The van der Waals surface area contributed by atoms with E-state index < -0.39 is 10.0 Å². The molecule has 0 fully saturated rings. The molecule has 0 saturated heterocycles. The van der Waals surface area contributed by atoms with E-state index in [1.807, 2.05) is 12.1 Å². The molecule has 0 aromatic heterocycles. The largest absolute Gasteiger partial charge is 0.242 e. The molecule has 1 aliphatic carbocycles. The highest BCUT2D eigenvalue weighted by Crippen LogP contribution is 2.25. The van der Waals surface area contributed by atoms with Crippen molar-refractivity contribution in [1.29, 1.82) is 0 Å². The molecule has 5 heteroatoms. The van der Waals surface area contributed by atoms with Crippen molar-refractivity contribution in [3.63, 3.8) is 0 Å². The molecule has 3 nitrogen and oxygen atoms in total. The van der Waals surface area contributed by atoms with Crippen molar-refractivity contribution in [1.82, 2.24) is 4.31 Å². The van der Waals surface area contributed by atoms with Gasteiger partial charge in [-0.3, -0.25) is 0 Å². The van der Waals surface area contributed by atoms with Crippen LogP contribution in [0, 0.1) is 0 Å². The average Bonchev–Trinajstić information content (AvgIpc) is 2.76. The molecule has 1 aromatic carbocycles. The lowest BCUT2D eigenvalue weighted by Crippen LogP contribution is -2.28. The van der Waals surface area contributed by atoms with Gasteiger partial charge in [-0.2, -0.15) is 0 Å². The maximum atomic E-state index is 12.2. The van der Waals surface area contributed by atoms with Crippen LogP contribution in [0.15, 0.2) is 23.1 Å². The predicted molar refractivity (Wildman–Crippen MR) is 72.1 cm³/mol. The van der Waals surface area contributed by atoms with Crippen LogP contribution in [0.3, 0.4) is 0 Å². The number of nitrogens with zero attached hydrogens (tertiary/aromatic N) is 1. The predicted octanol–water partition coefficient (Wildman–Crippen LogP) is 2.19. The third-order valence-electron chi connectivity index (χ3n) is 3.18. The van der Waals surface area contributed by atoms with Crippen LogP contribution in [0.5, 0.6) is 0 Å². The lowest BCUT2D eigenvalue weighted by Gasteiger charge is -2.16. The zero-order chi connectivity index (χ0) is 12.5. The number of fused-ring (bicyclic) bond motifs is 1. The Morgan fingerprint density at radius 3 is 2.71 bits per heavy atom. The highest BCUT2D eigenvalue weighted by Gasteiger charge is 2.22. The van der Waals surface area contributed by atoms with Crippen LogP contribution in [0.25, 0.3) is 0 Å². The first kappa shape index (κ1) is 13.1. The normalized spacial score (nSPS) is 15.2. The van der Waals surface area contributed by atoms with E-state index >= 15 is 0 Å². The molecule has 0 atom stereocenters. The number of hydrogen-bond acceptors (Lipinski definition) is 2. The summed E-state index contributed by atoms with van der Waals surface area (Å²) in [5, 5.41) is 0.646. The fourth-order valence-electron chi connectivity index (χ4n) is 2.13. The SMILES string of the molecule is CN(CCBr)S(=O)(=O)c1ccc2c(c1)CCC2. The van der Waals surface area contributed by atoms with E-state index in [9.17, 15) is 8.42 Å². The number of benzene rings is 1. The van der Waals surface area contributed by atoms with Crippen molar-refractivity contribution in [2.45, 2.75) is 24.2 Å². The first-order valence-corrected chi connectivity index (χ1v) is 8.26. The molecule has 0 aliphatic heterocycles. The second-order valence-electron chi connectivity index (χ2n) is 4.30. The summed E-state index contributed by atoms with van der Waals surface area (Å²) in [7, 11) is -1.70. The van der Waals surface area contributed by atoms with Crippen molar-refractivity contribution in [2.24, 2.45) is 0 Å². The van der Waals surface area contributed by atoms with E-state index in [4.69, 9.17) is 0 Å². The standard InChI is InChI=1S/C12H16BrNO2S/c1-14(8-7-13)17(15,16)12-6-5-10-3-2-4-11(10)9-12/h5-6,9H,2-4,7-8H2,1H3. The molecule has 0 spiro atoms. The van der Waals surface area contributed by atoms with E-state index in [1.165, 1.54) is 15.4 Å². The molecular weight excluding hydrogens is 302 g/mol. The molecule has 0 amide bonds. The Morgan fingerprint density at radius 1 is 1.29 bits per heavy atom. The van der Waals surface area contributed by atoms with Gasteiger partial charge in [0, 0.05) is 18.9 Å². The highest BCUT2D eigenvalue weighted by atomic mass is 79.9. The van der Waals surface area contributed by atoms with Crippen molar-refractivity contribution in [2.75, 3.05) is 18.9 Å². The van der Waals surface area contributed by atoms with Gasteiger partial charge in [-0.05, 0) is 42.5 Å². The summed E-state index contributed by atoms with van der Waals surface area (Å²) in [6, 6.07) is 5.52. The van der Waals surface area contributed by atoms with Crippen LogP contribution in [0.1, 0.15) is 17.5 Å². The number of hydrogen-bond donors (Lipinski definition) is 0. The van der Waals surface area contributed by atoms with Gasteiger partial charge in [0.15, 0.2) is 0 Å². The molecule has 1 aliphatic rings. The fourth-order valence-corrected chi connectivity index (χ4v) is 4.12. The molecule has 0 heterocycles. The minimum atomic E-state index is -3.32. The first-order valence-electron chi connectivity index (χ1n) is 5.70. The van der Waals surface area contributed by atoms with Gasteiger partial charge in [0.2, 0.25) is 10.0 Å². The lowest BCUT2D eigenvalue weighted by atomic mass is 10.1. The fraction of sp³-hybridized carbons (Fsp3) is 0.500. The first-order chi connectivity index (χ1) is 8.05. The summed E-state index contributed by atoms with van der Waals surface area (Å²) in [6.07, 6.45) is 3.21. The maximum absolute atomic E-state index is 12.2. The number of sulfonamides is 1. The van der Waals surface area contributed by atoms with Crippen LogP contribution < -0.4 is 0 Å². The van der Waals surface area contributed by atoms with Crippen LogP contribution in [0.4, 0.5) is 0 Å². The summed E-state index contributed by atoms with van der Waals surface area (Å²) < 4.78 is 25.8. The average molecular weight is 318 g/mol. The minimum Gasteiger partial charge on any atom is -0.207 e. The molecular formula is C12H16BrNO2S. The zero-order valence-electron chi connectivity index (χ0n) is 9.82.